The molecule has 4 heteroatoms. The van der Waals surface area contributed by atoms with Crippen LogP contribution < -0.4 is 5.32 Å². The number of carbonyl (C=O) groups is 2. The Morgan fingerprint density at radius 3 is 2.75 bits per heavy atom. The molecule has 1 aromatic rings. The van der Waals surface area contributed by atoms with E-state index >= 15 is 0 Å². The molecule has 0 spiro atoms. The number of hydrogen-bond acceptors (Lipinski definition) is 2. The predicted molar refractivity (Wildman–Crippen MR) is 78.3 cm³/mol. The third-order valence-electron chi connectivity index (χ3n) is 3.64. The minimum Gasteiger partial charge on any atom is -0.342 e. The lowest BCUT2D eigenvalue weighted by Crippen LogP contribution is -2.53. The standard InChI is InChI=1S/C16H22N2O2/c1-12-5-4-6-13(11-12)7-9-18-10-8-14(19)17-16(2,3)15(18)20/h4-6,11H,7-10H2,1-3H3,(H,17,19). The average molecular weight is 274 g/mol. The van der Waals surface area contributed by atoms with Crippen LogP contribution >= 0.6 is 0 Å². The molecule has 0 atom stereocenters. The van der Waals surface area contributed by atoms with Crippen molar-refractivity contribution in [1.29, 1.82) is 0 Å². The van der Waals surface area contributed by atoms with E-state index in [0.29, 0.717) is 19.5 Å². The van der Waals surface area contributed by atoms with E-state index in [1.54, 1.807) is 18.7 Å². The molecule has 0 saturated carbocycles. The Bertz CT molecular complexity index is 523. The summed E-state index contributed by atoms with van der Waals surface area (Å²) in [6.07, 6.45) is 1.20. The van der Waals surface area contributed by atoms with Gasteiger partial charge >= 0.3 is 0 Å². The molecule has 0 aliphatic carbocycles. The lowest BCUT2D eigenvalue weighted by Gasteiger charge is -2.28. The molecule has 0 radical (unpaired) electrons. The Morgan fingerprint density at radius 1 is 1.30 bits per heavy atom. The maximum absolute atomic E-state index is 12.4. The van der Waals surface area contributed by atoms with E-state index in [0.717, 1.165) is 6.42 Å². The molecule has 2 amide bonds. The normalized spacial score (nSPS) is 18.6. The molecule has 108 valence electrons. The third-order valence-corrected chi connectivity index (χ3v) is 3.64. The smallest absolute Gasteiger partial charge is 0.247 e. The quantitative estimate of drug-likeness (QED) is 0.911. The Labute approximate surface area is 120 Å². The van der Waals surface area contributed by atoms with Crippen LogP contribution in [0.4, 0.5) is 0 Å². The minimum atomic E-state index is -0.805. The van der Waals surface area contributed by atoms with Crippen molar-refractivity contribution in [2.45, 2.75) is 39.2 Å². The lowest BCUT2D eigenvalue weighted by molar-refractivity contribution is -0.137. The molecule has 1 heterocycles. The molecule has 1 aliphatic heterocycles. The van der Waals surface area contributed by atoms with Gasteiger partial charge < -0.3 is 10.2 Å². The highest BCUT2D eigenvalue weighted by molar-refractivity contribution is 5.92. The first-order chi connectivity index (χ1) is 9.38. The Morgan fingerprint density at radius 2 is 2.05 bits per heavy atom. The van der Waals surface area contributed by atoms with Gasteiger partial charge in [-0.25, -0.2) is 0 Å². The Kier molecular flexibility index (Phi) is 4.12. The van der Waals surface area contributed by atoms with E-state index in [4.69, 9.17) is 0 Å². The highest BCUT2D eigenvalue weighted by atomic mass is 16.2. The van der Waals surface area contributed by atoms with Crippen molar-refractivity contribution in [3.05, 3.63) is 35.4 Å². The van der Waals surface area contributed by atoms with Crippen molar-refractivity contribution >= 4 is 11.8 Å². The monoisotopic (exact) mass is 274 g/mol. The van der Waals surface area contributed by atoms with Crippen LogP contribution in [-0.4, -0.2) is 35.3 Å². The molecule has 20 heavy (non-hydrogen) atoms. The predicted octanol–water partition coefficient (Wildman–Crippen LogP) is 1.66. The molecule has 1 fully saturated rings. The van der Waals surface area contributed by atoms with Gasteiger partial charge in [0.25, 0.3) is 0 Å². The van der Waals surface area contributed by atoms with E-state index in [2.05, 4.69) is 30.4 Å². The van der Waals surface area contributed by atoms with Gasteiger partial charge in [0.05, 0.1) is 0 Å². The van der Waals surface area contributed by atoms with Gasteiger partial charge in [0.2, 0.25) is 11.8 Å². The largest absolute Gasteiger partial charge is 0.342 e. The summed E-state index contributed by atoms with van der Waals surface area (Å²) >= 11 is 0. The lowest BCUT2D eigenvalue weighted by atomic mass is 10.0. The maximum Gasteiger partial charge on any atom is 0.247 e. The second-order valence-corrected chi connectivity index (χ2v) is 5.95. The van der Waals surface area contributed by atoms with Crippen LogP contribution in [0.15, 0.2) is 24.3 Å². The second kappa shape index (κ2) is 5.65. The molecule has 1 N–H and O–H groups in total. The molecule has 1 saturated heterocycles. The molecular formula is C16H22N2O2. The highest BCUT2D eigenvalue weighted by Gasteiger charge is 2.36. The number of nitrogens with one attached hydrogen (secondary N) is 1. The van der Waals surface area contributed by atoms with Gasteiger partial charge in [-0.1, -0.05) is 29.8 Å². The van der Waals surface area contributed by atoms with Gasteiger partial charge in [-0.3, -0.25) is 9.59 Å². The van der Waals surface area contributed by atoms with E-state index in [9.17, 15) is 9.59 Å². The van der Waals surface area contributed by atoms with Crippen LogP contribution in [0, 0.1) is 6.92 Å². The fourth-order valence-corrected chi connectivity index (χ4v) is 2.54. The Balaban J connectivity index is 2.04. The van der Waals surface area contributed by atoms with Crippen molar-refractivity contribution < 1.29 is 9.59 Å². The summed E-state index contributed by atoms with van der Waals surface area (Å²) in [6, 6.07) is 8.30. The van der Waals surface area contributed by atoms with Crippen molar-refractivity contribution in [1.82, 2.24) is 10.2 Å². The number of rotatable bonds is 3. The molecule has 0 bridgehead atoms. The number of hydrogen-bond donors (Lipinski definition) is 1. The van der Waals surface area contributed by atoms with Crippen LogP contribution in [0.2, 0.25) is 0 Å². The van der Waals surface area contributed by atoms with Gasteiger partial charge in [-0.05, 0) is 32.8 Å². The van der Waals surface area contributed by atoms with Crippen LogP contribution in [-0.2, 0) is 16.0 Å². The van der Waals surface area contributed by atoms with E-state index < -0.39 is 5.54 Å². The zero-order valence-corrected chi connectivity index (χ0v) is 12.4. The molecule has 1 aliphatic rings. The highest BCUT2D eigenvalue weighted by Crippen LogP contribution is 2.14. The first kappa shape index (κ1) is 14.6. The summed E-state index contributed by atoms with van der Waals surface area (Å²) in [4.78, 5) is 25.8. The number of nitrogens with zero attached hydrogens (tertiary/aromatic N) is 1. The van der Waals surface area contributed by atoms with Crippen molar-refractivity contribution in [2.75, 3.05) is 13.1 Å². The van der Waals surface area contributed by atoms with Crippen LogP contribution in [0.1, 0.15) is 31.4 Å². The Hall–Kier alpha value is -1.84. The van der Waals surface area contributed by atoms with Crippen LogP contribution in [0.3, 0.4) is 0 Å². The van der Waals surface area contributed by atoms with Gasteiger partial charge in [0.15, 0.2) is 0 Å². The summed E-state index contributed by atoms with van der Waals surface area (Å²) < 4.78 is 0. The molecule has 1 aromatic carbocycles. The van der Waals surface area contributed by atoms with E-state index in [-0.39, 0.29) is 11.8 Å². The third kappa shape index (κ3) is 3.38. The van der Waals surface area contributed by atoms with Crippen molar-refractivity contribution in [2.24, 2.45) is 0 Å². The van der Waals surface area contributed by atoms with Gasteiger partial charge in [-0.15, -0.1) is 0 Å². The van der Waals surface area contributed by atoms with E-state index in [1.165, 1.54) is 11.1 Å². The summed E-state index contributed by atoms with van der Waals surface area (Å²) in [5.41, 5.74) is 1.64. The second-order valence-electron chi connectivity index (χ2n) is 5.95. The number of amides is 2. The van der Waals surface area contributed by atoms with Crippen molar-refractivity contribution in [3.8, 4) is 0 Å². The zero-order valence-electron chi connectivity index (χ0n) is 12.4. The average Bonchev–Trinajstić information content (AvgIpc) is 2.46. The van der Waals surface area contributed by atoms with Gasteiger partial charge in [0, 0.05) is 19.5 Å². The molecular weight excluding hydrogens is 252 g/mol. The first-order valence-electron chi connectivity index (χ1n) is 7.04. The SMILES string of the molecule is Cc1cccc(CCN2CCC(=O)NC(C)(C)C2=O)c1. The fourth-order valence-electron chi connectivity index (χ4n) is 2.54. The summed E-state index contributed by atoms with van der Waals surface area (Å²) in [5, 5.41) is 2.78. The molecule has 0 aromatic heterocycles. The topological polar surface area (TPSA) is 49.4 Å². The van der Waals surface area contributed by atoms with Gasteiger partial charge in [0.1, 0.15) is 5.54 Å². The summed E-state index contributed by atoms with van der Waals surface area (Å²) in [5.74, 6) is -0.0580. The number of benzene rings is 1. The van der Waals surface area contributed by atoms with Crippen molar-refractivity contribution in [3.63, 3.8) is 0 Å². The zero-order chi connectivity index (χ0) is 14.8. The maximum atomic E-state index is 12.4. The molecule has 4 nitrogen and oxygen atoms in total. The molecule has 0 unspecified atom stereocenters. The van der Waals surface area contributed by atoms with Gasteiger partial charge in [-0.2, -0.15) is 0 Å². The first-order valence-corrected chi connectivity index (χ1v) is 7.04. The minimum absolute atomic E-state index is 0.00370. The molecule has 2 rings (SSSR count). The fraction of sp³-hybridized carbons (Fsp3) is 0.500. The van der Waals surface area contributed by atoms with E-state index in [1.807, 2.05) is 6.07 Å². The van der Waals surface area contributed by atoms with Crippen LogP contribution in [0.5, 0.6) is 0 Å². The summed E-state index contributed by atoms with van der Waals surface area (Å²) in [7, 11) is 0. The van der Waals surface area contributed by atoms with Crippen LogP contribution in [0.25, 0.3) is 0 Å². The summed E-state index contributed by atoms with van der Waals surface area (Å²) in [6.45, 7) is 6.74. The number of aryl methyl sites for hydroxylation is 1. The number of carbonyl (C=O) groups excluding carboxylic acids is 2.